The first-order valence-electron chi connectivity index (χ1n) is 5.33. The minimum absolute atomic E-state index is 0.0564. The summed E-state index contributed by atoms with van der Waals surface area (Å²) >= 11 is 5.71. The van der Waals surface area contributed by atoms with E-state index in [1.165, 1.54) is 13.1 Å². The predicted octanol–water partition coefficient (Wildman–Crippen LogP) is 1.47. The minimum Gasteiger partial charge on any atom is -0.358 e. The van der Waals surface area contributed by atoms with E-state index in [4.69, 9.17) is 11.6 Å². The zero-order chi connectivity index (χ0) is 13.7. The average Bonchev–Trinajstić information content (AvgIpc) is 2.35. The quantitative estimate of drug-likeness (QED) is 0.627. The molecule has 1 amide bonds. The maximum absolute atomic E-state index is 11.3. The summed E-state index contributed by atoms with van der Waals surface area (Å²) < 4.78 is 0. The number of hydrogen-bond donors (Lipinski definition) is 2. The molecule has 1 aromatic carbocycles. The van der Waals surface area contributed by atoms with Crippen LogP contribution in [-0.2, 0) is 11.3 Å². The van der Waals surface area contributed by atoms with E-state index in [0.717, 1.165) is 0 Å². The van der Waals surface area contributed by atoms with Gasteiger partial charge in [0.1, 0.15) is 0 Å². The minimum atomic E-state index is -0.493. The maximum Gasteiger partial charge on any atom is 0.275 e. The third-order valence-electron chi connectivity index (χ3n) is 2.48. The molecule has 0 aliphatic rings. The number of carbonyl (C=O) groups is 1. The number of nitrogens with zero attached hydrogens (tertiary/aromatic N) is 1. The normalized spacial score (nSPS) is 11.9. The second-order valence-electron chi connectivity index (χ2n) is 3.75. The Kier molecular flexibility index (Phi) is 5.06. The highest BCUT2D eigenvalue weighted by Gasteiger charge is 2.16. The van der Waals surface area contributed by atoms with E-state index in [-0.39, 0.29) is 18.1 Å². The molecule has 6 nitrogen and oxygen atoms in total. The molecule has 0 aliphatic heterocycles. The zero-order valence-electron chi connectivity index (χ0n) is 10.1. The van der Waals surface area contributed by atoms with Crippen LogP contribution >= 0.6 is 11.6 Å². The summed E-state index contributed by atoms with van der Waals surface area (Å²) in [4.78, 5) is 21.6. The molecule has 0 aliphatic carbocycles. The number of likely N-dealkylation sites (N-methyl/N-ethyl adjacent to an activating group) is 1. The van der Waals surface area contributed by atoms with Crippen molar-refractivity contribution in [1.29, 1.82) is 0 Å². The van der Waals surface area contributed by atoms with Crippen molar-refractivity contribution in [2.45, 2.75) is 19.5 Å². The summed E-state index contributed by atoms with van der Waals surface area (Å²) in [5, 5.41) is 16.6. The topological polar surface area (TPSA) is 84.3 Å². The summed E-state index contributed by atoms with van der Waals surface area (Å²) in [5.41, 5.74) is 0.430. The van der Waals surface area contributed by atoms with E-state index in [0.29, 0.717) is 10.6 Å². The molecule has 0 bridgehead atoms. The van der Waals surface area contributed by atoms with Crippen LogP contribution in [0.5, 0.6) is 0 Å². The van der Waals surface area contributed by atoms with Crippen LogP contribution in [0.25, 0.3) is 0 Å². The highest BCUT2D eigenvalue weighted by atomic mass is 35.5. The molecule has 0 radical (unpaired) electrons. The number of carbonyl (C=O) groups excluding carboxylic acids is 1. The first kappa shape index (κ1) is 14.4. The molecule has 0 heterocycles. The third-order valence-corrected chi connectivity index (χ3v) is 2.72. The van der Waals surface area contributed by atoms with E-state index in [9.17, 15) is 14.9 Å². The Morgan fingerprint density at radius 3 is 2.78 bits per heavy atom. The molecule has 0 aromatic heterocycles. The Morgan fingerprint density at radius 1 is 1.56 bits per heavy atom. The molecule has 0 saturated carbocycles. The van der Waals surface area contributed by atoms with Crippen molar-refractivity contribution in [3.05, 3.63) is 38.9 Å². The van der Waals surface area contributed by atoms with E-state index >= 15 is 0 Å². The standard InChI is InChI=1S/C11H14ClN3O3/c1-7(11(16)13-2)14-6-8-3-4-9(12)5-10(8)15(17)18/h3-5,7,14H,6H2,1-2H3,(H,13,16). The lowest BCUT2D eigenvalue weighted by Crippen LogP contribution is -2.40. The Labute approximate surface area is 109 Å². The highest BCUT2D eigenvalue weighted by molar-refractivity contribution is 6.30. The predicted molar refractivity (Wildman–Crippen MR) is 68.5 cm³/mol. The van der Waals surface area contributed by atoms with Crippen molar-refractivity contribution in [3.8, 4) is 0 Å². The van der Waals surface area contributed by atoms with Gasteiger partial charge in [-0.15, -0.1) is 0 Å². The van der Waals surface area contributed by atoms with Gasteiger partial charge in [0.15, 0.2) is 0 Å². The summed E-state index contributed by atoms with van der Waals surface area (Å²) in [5.74, 6) is -0.174. The monoisotopic (exact) mass is 271 g/mol. The number of nitrogens with one attached hydrogen (secondary N) is 2. The van der Waals surface area contributed by atoms with Crippen molar-refractivity contribution in [1.82, 2.24) is 10.6 Å². The fraction of sp³-hybridized carbons (Fsp3) is 0.364. The molecule has 0 spiro atoms. The van der Waals surface area contributed by atoms with E-state index in [2.05, 4.69) is 10.6 Å². The van der Waals surface area contributed by atoms with E-state index in [1.54, 1.807) is 19.1 Å². The number of amides is 1. The molecule has 1 atom stereocenters. The molecular weight excluding hydrogens is 258 g/mol. The Morgan fingerprint density at radius 2 is 2.22 bits per heavy atom. The molecule has 2 N–H and O–H groups in total. The van der Waals surface area contributed by atoms with Gasteiger partial charge in [-0.25, -0.2) is 0 Å². The van der Waals surface area contributed by atoms with Crippen LogP contribution < -0.4 is 10.6 Å². The van der Waals surface area contributed by atoms with Gasteiger partial charge in [-0.3, -0.25) is 14.9 Å². The number of nitro groups is 1. The molecule has 98 valence electrons. The highest BCUT2D eigenvalue weighted by Crippen LogP contribution is 2.23. The first-order valence-corrected chi connectivity index (χ1v) is 5.71. The van der Waals surface area contributed by atoms with Gasteiger partial charge >= 0.3 is 0 Å². The van der Waals surface area contributed by atoms with Crippen molar-refractivity contribution < 1.29 is 9.72 Å². The molecule has 1 unspecified atom stereocenters. The first-order chi connectivity index (χ1) is 8.45. The fourth-order valence-electron chi connectivity index (χ4n) is 1.43. The van der Waals surface area contributed by atoms with Gasteiger partial charge in [-0.05, 0) is 19.1 Å². The smallest absolute Gasteiger partial charge is 0.275 e. The van der Waals surface area contributed by atoms with Crippen LogP contribution in [0.1, 0.15) is 12.5 Å². The van der Waals surface area contributed by atoms with E-state index in [1.807, 2.05) is 0 Å². The van der Waals surface area contributed by atoms with Crippen LogP contribution in [0.3, 0.4) is 0 Å². The number of hydrogen-bond acceptors (Lipinski definition) is 4. The molecule has 7 heteroatoms. The summed E-state index contributed by atoms with van der Waals surface area (Å²) in [6, 6.07) is 4.02. The van der Waals surface area contributed by atoms with Gasteiger partial charge < -0.3 is 10.6 Å². The lowest BCUT2D eigenvalue weighted by atomic mass is 10.1. The largest absolute Gasteiger partial charge is 0.358 e. The molecule has 1 aromatic rings. The number of halogens is 1. The Hall–Kier alpha value is -1.66. The Balaban J connectivity index is 2.79. The van der Waals surface area contributed by atoms with Crippen LogP contribution in [-0.4, -0.2) is 23.9 Å². The molecule has 1 rings (SSSR count). The van der Waals surface area contributed by atoms with Crippen LogP contribution in [0, 0.1) is 10.1 Å². The molecule has 0 fully saturated rings. The van der Waals surface area contributed by atoms with Crippen LogP contribution in [0.15, 0.2) is 18.2 Å². The summed E-state index contributed by atoms with van der Waals surface area (Å²) in [7, 11) is 1.53. The van der Waals surface area contributed by atoms with Crippen molar-refractivity contribution in [2.75, 3.05) is 7.05 Å². The number of nitro benzene ring substituents is 1. The van der Waals surface area contributed by atoms with Gasteiger partial charge in [0, 0.05) is 30.2 Å². The van der Waals surface area contributed by atoms with Crippen LogP contribution in [0.2, 0.25) is 5.02 Å². The SMILES string of the molecule is CNC(=O)C(C)NCc1ccc(Cl)cc1[N+](=O)[O-]. The number of benzene rings is 1. The zero-order valence-corrected chi connectivity index (χ0v) is 10.8. The summed E-state index contributed by atoms with van der Waals surface area (Å²) in [6.45, 7) is 1.91. The third kappa shape index (κ3) is 3.68. The lowest BCUT2D eigenvalue weighted by molar-refractivity contribution is -0.385. The van der Waals surface area contributed by atoms with Crippen molar-refractivity contribution in [3.63, 3.8) is 0 Å². The van der Waals surface area contributed by atoms with Gasteiger partial charge in [0.2, 0.25) is 5.91 Å². The van der Waals surface area contributed by atoms with Gasteiger partial charge in [0.25, 0.3) is 5.69 Å². The Bertz CT molecular complexity index is 465. The van der Waals surface area contributed by atoms with E-state index < -0.39 is 11.0 Å². The van der Waals surface area contributed by atoms with Gasteiger partial charge in [-0.1, -0.05) is 11.6 Å². The van der Waals surface area contributed by atoms with Crippen molar-refractivity contribution >= 4 is 23.2 Å². The number of rotatable bonds is 5. The molecule has 18 heavy (non-hydrogen) atoms. The van der Waals surface area contributed by atoms with Gasteiger partial charge in [-0.2, -0.15) is 0 Å². The maximum atomic E-state index is 11.3. The molecule has 0 saturated heterocycles. The van der Waals surface area contributed by atoms with Crippen molar-refractivity contribution in [2.24, 2.45) is 0 Å². The molecular formula is C11H14ClN3O3. The van der Waals surface area contributed by atoms with Crippen LogP contribution in [0.4, 0.5) is 5.69 Å². The second-order valence-corrected chi connectivity index (χ2v) is 4.18. The lowest BCUT2D eigenvalue weighted by Gasteiger charge is -2.12. The summed E-state index contributed by atoms with van der Waals surface area (Å²) in [6.07, 6.45) is 0. The van der Waals surface area contributed by atoms with Gasteiger partial charge in [0.05, 0.1) is 11.0 Å². The fourth-order valence-corrected chi connectivity index (χ4v) is 1.60. The second kappa shape index (κ2) is 6.32. The average molecular weight is 272 g/mol.